The fraction of sp³-hybridized carbons (Fsp3) is 0.333. The van der Waals surface area contributed by atoms with Gasteiger partial charge < -0.3 is 14.4 Å². The number of carbonyl (C=O) groups excluding carboxylic acids is 2. The molecule has 1 aliphatic heterocycles. The van der Waals surface area contributed by atoms with Gasteiger partial charge in [-0.25, -0.2) is 0 Å². The molecule has 0 aliphatic carbocycles. The highest BCUT2D eigenvalue weighted by Crippen LogP contribution is 2.45. The number of benzene rings is 3. The summed E-state index contributed by atoms with van der Waals surface area (Å²) in [4.78, 5) is 28.2. The van der Waals surface area contributed by atoms with Crippen molar-refractivity contribution < 1.29 is 19.1 Å². The summed E-state index contributed by atoms with van der Waals surface area (Å²) in [5.41, 5.74) is 2.96. The van der Waals surface area contributed by atoms with E-state index in [1.165, 1.54) is 12.7 Å². The third-order valence-corrected chi connectivity index (χ3v) is 8.33. The lowest BCUT2D eigenvalue weighted by molar-refractivity contribution is -0.183. The molecule has 8 heteroatoms. The molecule has 5 nitrogen and oxygen atoms in total. The van der Waals surface area contributed by atoms with E-state index in [0.29, 0.717) is 10.0 Å². The minimum Gasteiger partial charge on any atom is -0.469 e. The quantitative estimate of drug-likeness (QED) is 0.239. The van der Waals surface area contributed by atoms with Crippen LogP contribution < -0.4 is 0 Å². The molecule has 4 rings (SSSR count). The standard InChI is InChI=1S/C30H31Cl2NO4S/c1-3-25(19-38-18-20-8-5-4-6-9-20)33-28(21-12-14-23(31)15-13-21)29(22-10-7-11-24(32)16-22)37-26(30(33)35)17-27(34)36-2/h4-16,25-26,28-29H,3,17-19H2,1-2H3/t25-,26-,28+,29+/m0/s1. The summed E-state index contributed by atoms with van der Waals surface area (Å²) in [5, 5.41) is 1.18. The first kappa shape index (κ1) is 28.5. The smallest absolute Gasteiger partial charge is 0.308 e. The minimum atomic E-state index is -0.969. The van der Waals surface area contributed by atoms with Crippen LogP contribution in [-0.2, 0) is 24.8 Å². The van der Waals surface area contributed by atoms with E-state index in [-0.39, 0.29) is 18.4 Å². The third-order valence-electron chi connectivity index (χ3n) is 6.68. The number of carbonyl (C=O) groups is 2. The van der Waals surface area contributed by atoms with Crippen molar-refractivity contribution in [3.8, 4) is 0 Å². The van der Waals surface area contributed by atoms with E-state index in [4.69, 9.17) is 32.7 Å². The number of esters is 1. The summed E-state index contributed by atoms with van der Waals surface area (Å²) in [6.07, 6.45) is -0.937. The van der Waals surface area contributed by atoms with E-state index in [1.807, 2.05) is 65.6 Å². The van der Waals surface area contributed by atoms with Crippen LogP contribution >= 0.6 is 35.0 Å². The Bertz CT molecular complexity index is 1220. The van der Waals surface area contributed by atoms with Gasteiger partial charge in [-0.15, -0.1) is 0 Å². The Morgan fingerprint density at radius 1 is 1.00 bits per heavy atom. The van der Waals surface area contributed by atoms with Crippen molar-refractivity contribution in [1.82, 2.24) is 4.90 Å². The first-order valence-electron chi connectivity index (χ1n) is 12.6. The number of rotatable bonds is 10. The zero-order valence-corrected chi connectivity index (χ0v) is 23.7. The Balaban J connectivity index is 1.73. The maximum atomic E-state index is 14.0. The van der Waals surface area contributed by atoms with Gasteiger partial charge in [0, 0.05) is 27.6 Å². The van der Waals surface area contributed by atoms with Gasteiger partial charge in [0.1, 0.15) is 12.2 Å². The molecule has 4 atom stereocenters. The van der Waals surface area contributed by atoms with E-state index in [0.717, 1.165) is 29.1 Å². The molecule has 0 N–H and O–H groups in total. The van der Waals surface area contributed by atoms with Crippen LogP contribution in [0.15, 0.2) is 78.9 Å². The monoisotopic (exact) mass is 571 g/mol. The zero-order chi connectivity index (χ0) is 27.1. The molecule has 3 aromatic rings. The molecule has 200 valence electrons. The van der Waals surface area contributed by atoms with Crippen molar-refractivity contribution in [2.24, 2.45) is 0 Å². The molecule has 1 aliphatic rings. The molecule has 3 aromatic carbocycles. The molecular weight excluding hydrogens is 541 g/mol. The van der Waals surface area contributed by atoms with Gasteiger partial charge in [0.05, 0.1) is 19.6 Å². The first-order chi connectivity index (χ1) is 18.4. The number of hydrogen-bond acceptors (Lipinski definition) is 5. The number of hydrogen-bond donors (Lipinski definition) is 0. The van der Waals surface area contributed by atoms with E-state index in [1.54, 1.807) is 17.8 Å². The van der Waals surface area contributed by atoms with E-state index >= 15 is 0 Å². The third kappa shape index (κ3) is 6.92. The second-order valence-corrected chi connectivity index (χ2v) is 11.1. The summed E-state index contributed by atoms with van der Waals surface area (Å²) in [6, 6.07) is 24.7. The van der Waals surface area contributed by atoms with Crippen molar-refractivity contribution >= 4 is 46.8 Å². The molecular formula is C30H31Cl2NO4S. The van der Waals surface area contributed by atoms with Crippen molar-refractivity contribution in [2.45, 2.75) is 49.8 Å². The second-order valence-electron chi connectivity index (χ2n) is 9.19. The summed E-state index contributed by atoms with van der Waals surface area (Å²) < 4.78 is 11.3. The number of amides is 1. The lowest BCUT2D eigenvalue weighted by Gasteiger charge is -2.48. The lowest BCUT2D eigenvalue weighted by Crippen LogP contribution is -2.55. The molecule has 0 unspecified atom stereocenters. The van der Waals surface area contributed by atoms with Crippen LogP contribution in [0.25, 0.3) is 0 Å². The molecule has 38 heavy (non-hydrogen) atoms. The van der Waals surface area contributed by atoms with E-state index < -0.39 is 24.2 Å². The summed E-state index contributed by atoms with van der Waals surface area (Å²) >= 11 is 14.4. The van der Waals surface area contributed by atoms with Crippen LogP contribution in [0.4, 0.5) is 0 Å². The van der Waals surface area contributed by atoms with Crippen molar-refractivity contribution in [1.29, 1.82) is 0 Å². The van der Waals surface area contributed by atoms with Gasteiger partial charge in [-0.05, 0) is 47.4 Å². The Hall–Kier alpha value is -2.51. The van der Waals surface area contributed by atoms with Gasteiger partial charge in [-0.1, -0.05) is 84.7 Å². The topological polar surface area (TPSA) is 55.8 Å². The Labute approximate surface area is 238 Å². The Morgan fingerprint density at radius 2 is 1.74 bits per heavy atom. The van der Waals surface area contributed by atoms with Gasteiger partial charge in [0.2, 0.25) is 0 Å². The van der Waals surface area contributed by atoms with Gasteiger partial charge in [0.25, 0.3) is 5.91 Å². The van der Waals surface area contributed by atoms with Crippen LogP contribution in [0.1, 0.15) is 48.6 Å². The van der Waals surface area contributed by atoms with Crippen LogP contribution in [-0.4, -0.2) is 41.8 Å². The predicted octanol–water partition coefficient (Wildman–Crippen LogP) is 7.28. The Morgan fingerprint density at radius 3 is 2.39 bits per heavy atom. The molecule has 0 spiro atoms. The number of morpholine rings is 1. The average molecular weight is 573 g/mol. The van der Waals surface area contributed by atoms with Crippen LogP contribution in [0.5, 0.6) is 0 Å². The van der Waals surface area contributed by atoms with Crippen molar-refractivity contribution in [3.05, 3.63) is 106 Å². The molecule has 0 bridgehead atoms. The van der Waals surface area contributed by atoms with E-state index in [2.05, 4.69) is 19.1 Å². The second kappa shape index (κ2) is 13.5. The van der Waals surface area contributed by atoms with Crippen molar-refractivity contribution in [3.63, 3.8) is 0 Å². The molecule has 0 radical (unpaired) electrons. The SMILES string of the molecule is CC[C@@H](CSCc1ccccc1)N1C(=O)[C@H](CC(=O)OC)O[C@H](c2cccc(Cl)c2)[C@H]1c1ccc(Cl)cc1. The van der Waals surface area contributed by atoms with Crippen LogP contribution in [0.3, 0.4) is 0 Å². The summed E-state index contributed by atoms with van der Waals surface area (Å²) in [7, 11) is 1.31. The number of halogens is 2. The minimum absolute atomic E-state index is 0.0948. The average Bonchev–Trinajstić information content (AvgIpc) is 2.93. The largest absolute Gasteiger partial charge is 0.469 e. The molecule has 1 heterocycles. The predicted molar refractivity (Wildman–Crippen MR) is 153 cm³/mol. The molecule has 1 amide bonds. The molecule has 0 aromatic heterocycles. The fourth-order valence-electron chi connectivity index (χ4n) is 4.76. The van der Waals surface area contributed by atoms with Gasteiger partial charge in [-0.2, -0.15) is 11.8 Å². The zero-order valence-electron chi connectivity index (χ0n) is 21.4. The lowest BCUT2D eigenvalue weighted by atomic mass is 9.89. The van der Waals surface area contributed by atoms with Gasteiger partial charge >= 0.3 is 5.97 Å². The fourth-order valence-corrected chi connectivity index (χ4v) is 6.30. The number of thioether (sulfide) groups is 1. The molecule has 1 fully saturated rings. The normalized spacial score (nSPS) is 20.3. The van der Waals surface area contributed by atoms with E-state index in [9.17, 15) is 9.59 Å². The maximum Gasteiger partial charge on any atom is 0.308 e. The number of methoxy groups -OCH3 is 1. The number of nitrogens with zero attached hydrogens (tertiary/aromatic N) is 1. The summed E-state index contributed by atoms with van der Waals surface area (Å²) in [5.74, 6) is 0.851. The first-order valence-corrected chi connectivity index (χ1v) is 14.5. The van der Waals surface area contributed by atoms with Gasteiger partial charge in [0.15, 0.2) is 0 Å². The molecule has 0 saturated carbocycles. The van der Waals surface area contributed by atoms with Crippen LogP contribution in [0.2, 0.25) is 10.0 Å². The highest BCUT2D eigenvalue weighted by Gasteiger charge is 2.47. The van der Waals surface area contributed by atoms with Crippen molar-refractivity contribution in [2.75, 3.05) is 12.9 Å². The van der Waals surface area contributed by atoms with Gasteiger partial charge in [-0.3, -0.25) is 9.59 Å². The highest BCUT2D eigenvalue weighted by atomic mass is 35.5. The number of ether oxygens (including phenoxy) is 2. The highest BCUT2D eigenvalue weighted by molar-refractivity contribution is 7.98. The van der Waals surface area contributed by atoms with Crippen LogP contribution in [0, 0.1) is 0 Å². The maximum absolute atomic E-state index is 14.0. The summed E-state index contributed by atoms with van der Waals surface area (Å²) in [6.45, 7) is 2.08. The molecule has 1 saturated heterocycles. The Kier molecular flexibility index (Phi) is 10.1.